The minimum Gasteiger partial charge on any atom is -0.449 e. The van der Waals surface area contributed by atoms with Gasteiger partial charge in [-0.1, -0.05) is 29.3 Å². The van der Waals surface area contributed by atoms with Gasteiger partial charge in [0.25, 0.3) is 0 Å². The van der Waals surface area contributed by atoms with Crippen molar-refractivity contribution in [3.05, 3.63) is 33.8 Å². The Kier molecular flexibility index (Phi) is 5.95. The summed E-state index contributed by atoms with van der Waals surface area (Å²) in [7, 11) is 3.36. The maximum atomic E-state index is 11.6. The Morgan fingerprint density at radius 2 is 2.14 bits per heavy atom. The lowest BCUT2D eigenvalue weighted by atomic mass is 9.72. The first-order valence-electron chi connectivity index (χ1n) is 7.45. The summed E-state index contributed by atoms with van der Waals surface area (Å²) in [5.41, 5.74) is 1.08. The van der Waals surface area contributed by atoms with Crippen LogP contribution < -0.4 is 5.32 Å². The molecule has 1 aromatic rings. The van der Waals surface area contributed by atoms with E-state index in [4.69, 9.17) is 27.9 Å². The maximum absolute atomic E-state index is 11.6. The zero-order valence-electron chi connectivity index (χ0n) is 13.0. The Hall–Kier alpha value is -0.970. The van der Waals surface area contributed by atoms with E-state index in [2.05, 4.69) is 5.32 Å². The molecule has 0 radical (unpaired) electrons. The molecule has 6 heteroatoms. The normalized spacial score (nSPS) is 21.5. The number of carbonyl (C=O) groups is 1. The van der Waals surface area contributed by atoms with Crippen LogP contribution in [0.4, 0.5) is 4.79 Å². The topological polar surface area (TPSA) is 41.6 Å². The molecule has 0 spiro atoms. The number of benzene rings is 1. The SMILES string of the molecule is CN(C)C(=O)OCC[C@]1(c2ccc(Cl)c(Cl)c2)CCCNC1. The maximum Gasteiger partial charge on any atom is 0.409 e. The van der Waals surface area contributed by atoms with Crippen molar-refractivity contribution >= 4 is 29.3 Å². The molecule has 1 amide bonds. The average molecular weight is 345 g/mol. The van der Waals surface area contributed by atoms with Crippen LogP contribution in [0.5, 0.6) is 0 Å². The number of carbonyl (C=O) groups excluding carboxylic acids is 1. The zero-order chi connectivity index (χ0) is 16.2. The lowest BCUT2D eigenvalue weighted by Crippen LogP contribution is -2.44. The van der Waals surface area contributed by atoms with Crippen LogP contribution in [0, 0.1) is 0 Å². The van der Waals surface area contributed by atoms with Gasteiger partial charge >= 0.3 is 6.09 Å². The lowest BCUT2D eigenvalue weighted by Gasteiger charge is -2.38. The monoisotopic (exact) mass is 344 g/mol. The summed E-state index contributed by atoms with van der Waals surface area (Å²) in [5.74, 6) is 0. The van der Waals surface area contributed by atoms with Crippen LogP contribution >= 0.6 is 23.2 Å². The molecular formula is C16H22Cl2N2O2. The highest BCUT2D eigenvalue weighted by molar-refractivity contribution is 6.42. The largest absolute Gasteiger partial charge is 0.449 e. The lowest BCUT2D eigenvalue weighted by molar-refractivity contribution is 0.105. The number of rotatable bonds is 4. The van der Waals surface area contributed by atoms with E-state index in [-0.39, 0.29) is 11.5 Å². The predicted octanol–water partition coefficient (Wildman–Crippen LogP) is 3.70. The van der Waals surface area contributed by atoms with Gasteiger partial charge in [0.05, 0.1) is 16.7 Å². The van der Waals surface area contributed by atoms with Gasteiger partial charge in [0.1, 0.15) is 0 Å². The van der Waals surface area contributed by atoms with E-state index in [1.807, 2.05) is 18.2 Å². The Balaban J connectivity index is 2.13. The van der Waals surface area contributed by atoms with Gasteiger partial charge in [-0.05, 0) is 43.5 Å². The molecule has 0 saturated carbocycles. The van der Waals surface area contributed by atoms with Gasteiger partial charge in [-0.15, -0.1) is 0 Å². The van der Waals surface area contributed by atoms with Crippen molar-refractivity contribution in [1.29, 1.82) is 0 Å². The highest BCUT2D eigenvalue weighted by atomic mass is 35.5. The Morgan fingerprint density at radius 1 is 1.36 bits per heavy atom. The molecule has 4 nitrogen and oxygen atoms in total. The van der Waals surface area contributed by atoms with Crippen LogP contribution in [0.3, 0.4) is 0 Å². The Morgan fingerprint density at radius 3 is 2.73 bits per heavy atom. The molecule has 2 rings (SSSR count). The van der Waals surface area contributed by atoms with Gasteiger partial charge in [-0.25, -0.2) is 4.79 Å². The molecule has 0 aliphatic carbocycles. The fourth-order valence-electron chi connectivity index (χ4n) is 2.86. The standard InChI is InChI=1S/C16H22Cl2N2O2/c1-20(2)15(21)22-9-7-16(6-3-8-19-11-16)12-4-5-13(17)14(18)10-12/h4-5,10,19H,3,6-9,11H2,1-2H3/t16-/m1/s1. The van der Waals surface area contributed by atoms with E-state index in [1.54, 1.807) is 14.1 Å². The molecule has 0 bridgehead atoms. The van der Waals surface area contributed by atoms with Crippen molar-refractivity contribution < 1.29 is 9.53 Å². The molecule has 1 aromatic carbocycles. The predicted molar refractivity (Wildman–Crippen MR) is 89.9 cm³/mol. The smallest absolute Gasteiger partial charge is 0.409 e. The van der Waals surface area contributed by atoms with Crippen molar-refractivity contribution in [3.8, 4) is 0 Å². The minimum atomic E-state index is -0.312. The first kappa shape index (κ1) is 17.4. The number of hydrogen-bond acceptors (Lipinski definition) is 3. The van der Waals surface area contributed by atoms with E-state index in [1.165, 1.54) is 4.90 Å². The first-order chi connectivity index (χ1) is 10.4. The molecule has 1 aliphatic rings. The quantitative estimate of drug-likeness (QED) is 0.905. The van der Waals surface area contributed by atoms with E-state index in [0.29, 0.717) is 16.7 Å². The van der Waals surface area contributed by atoms with Crippen LogP contribution in [-0.2, 0) is 10.2 Å². The fourth-order valence-corrected chi connectivity index (χ4v) is 3.16. The van der Waals surface area contributed by atoms with E-state index >= 15 is 0 Å². The molecule has 1 saturated heterocycles. The highest BCUT2D eigenvalue weighted by Gasteiger charge is 2.34. The second kappa shape index (κ2) is 7.53. The van der Waals surface area contributed by atoms with Gasteiger partial charge in [-0.2, -0.15) is 0 Å². The van der Waals surface area contributed by atoms with Gasteiger partial charge < -0.3 is 15.0 Å². The van der Waals surface area contributed by atoms with Crippen LogP contribution in [0.15, 0.2) is 18.2 Å². The van der Waals surface area contributed by atoms with Gasteiger partial charge in [0.2, 0.25) is 0 Å². The van der Waals surface area contributed by atoms with E-state index in [0.717, 1.165) is 37.9 Å². The third kappa shape index (κ3) is 4.06. The fraction of sp³-hybridized carbons (Fsp3) is 0.562. The number of ether oxygens (including phenoxy) is 1. The van der Waals surface area contributed by atoms with Crippen LogP contribution in [-0.4, -0.2) is 44.8 Å². The third-order valence-corrected chi connectivity index (χ3v) is 4.91. The number of nitrogens with zero attached hydrogens (tertiary/aromatic N) is 1. The number of piperidine rings is 1. The third-order valence-electron chi connectivity index (χ3n) is 4.18. The van der Waals surface area contributed by atoms with Crippen molar-refractivity contribution in [3.63, 3.8) is 0 Å². The van der Waals surface area contributed by atoms with Crippen molar-refractivity contribution in [2.24, 2.45) is 0 Å². The summed E-state index contributed by atoms with van der Waals surface area (Å²) in [4.78, 5) is 13.0. The summed E-state index contributed by atoms with van der Waals surface area (Å²) < 4.78 is 5.31. The summed E-state index contributed by atoms with van der Waals surface area (Å²) in [5, 5.41) is 4.57. The number of nitrogens with one attached hydrogen (secondary N) is 1. The minimum absolute atomic E-state index is 0.0704. The first-order valence-corrected chi connectivity index (χ1v) is 8.20. The van der Waals surface area contributed by atoms with Crippen LogP contribution in [0.1, 0.15) is 24.8 Å². The van der Waals surface area contributed by atoms with E-state index in [9.17, 15) is 4.79 Å². The van der Waals surface area contributed by atoms with Gasteiger partial charge in [0, 0.05) is 26.1 Å². The van der Waals surface area contributed by atoms with Crippen LogP contribution in [0.2, 0.25) is 10.0 Å². The second-order valence-electron chi connectivity index (χ2n) is 5.95. The summed E-state index contributed by atoms with van der Waals surface area (Å²) in [6.07, 6.45) is 2.57. The second-order valence-corrected chi connectivity index (χ2v) is 6.76. The molecule has 22 heavy (non-hydrogen) atoms. The summed E-state index contributed by atoms with van der Waals surface area (Å²) in [6, 6.07) is 5.79. The Bertz CT molecular complexity index is 529. The average Bonchev–Trinajstić information content (AvgIpc) is 2.50. The molecule has 1 N–H and O–H groups in total. The van der Waals surface area contributed by atoms with Crippen molar-refractivity contribution in [2.75, 3.05) is 33.8 Å². The molecule has 1 heterocycles. The molecule has 1 aliphatic heterocycles. The Labute approximate surface area is 141 Å². The summed E-state index contributed by atoms with van der Waals surface area (Å²) in [6.45, 7) is 2.25. The molecular weight excluding hydrogens is 323 g/mol. The highest BCUT2D eigenvalue weighted by Crippen LogP contribution is 2.37. The number of hydrogen-bond donors (Lipinski definition) is 1. The zero-order valence-corrected chi connectivity index (χ0v) is 14.5. The van der Waals surface area contributed by atoms with Crippen molar-refractivity contribution in [2.45, 2.75) is 24.7 Å². The van der Waals surface area contributed by atoms with Gasteiger partial charge in [-0.3, -0.25) is 0 Å². The van der Waals surface area contributed by atoms with Gasteiger partial charge in [0.15, 0.2) is 0 Å². The van der Waals surface area contributed by atoms with Crippen molar-refractivity contribution in [1.82, 2.24) is 10.2 Å². The number of amides is 1. The van der Waals surface area contributed by atoms with Crippen LogP contribution in [0.25, 0.3) is 0 Å². The molecule has 0 unspecified atom stereocenters. The summed E-state index contributed by atoms with van der Waals surface area (Å²) >= 11 is 12.2. The molecule has 0 aromatic heterocycles. The molecule has 122 valence electrons. The number of halogens is 2. The molecule has 1 atom stereocenters. The molecule has 1 fully saturated rings. The van der Waals surface area contributed by atoms with E-state index < -0.39 is 0 Å².